The number of rotatable bonds is 4. The van der Waals surface area contributed by atoms with E-state index in [4.69, 9.17) is 0 Å². The van der Waals surface area contributed by atoms with E-state index in [1.54, 1.807) is 0 Å². The predicted octanol–water partition coefficient (Wildman–Crippen LogP) is 1.16. The van der Waals surface area contributed by atoms with Crippen molar-refractivity contribution in [3.8, 4) is 0 Å². The third-order valence-electron chi connectivity index (χ3n) is 5.30. The molecule has 5 heteroatoms. The van der Waals surface area contributed by atoms with Crippen molar-refractivity contribution < 1.29 is 4.79 Å². The zero-order chi connectivity index (χ0) is 17.8. The van der Waals surface area contributed by atoms with E-state index in [2.05, 4.69) is 45.5 Å². The van der Waals surface area contributed by atoms with Crippen LogP contribution in [-0.2, 0) is 4.79 Å². The van der Waals surface area contributed by atoms with Crippen molar-refractivity contribution in [3.05, 3.63) is 71.8 Å². The van der Waals surface area contributed by atoms with Gasteiger partial charge in [0.1, 0.15) is 0 Å². The lowest BCUT2D eigenvalue weighted by Gasteiger charge is -2.39. The molecule has 4 atom stereocenters. The SMILES string of the molecule is O=C(C1NCCNC1c1ccccc1)C1NCCNC1c1ccccc1. The molecule has 2 fully saturated rings. The number of carbonyl (C=O) groups excluding carboxylic acids is 1. The molecule has 4 N–H and O–H groups in total. The fraction of sp³-hybridized carbons (Fsp3) is 0.381. The third kappa shape index (κ3) is 3.57. The van der Waals surface area contributed by atoms with Crippen LogP contribution in [0.1, 0.15) is 23.2 Å². The highest BCUT2D eigenvalue weighted by molar-refractivity contribution is 5.91. The van der Waals surface area contributed by atoms with E-state index in [0.29, 0.717) is 0 Å². The van der Waals surface area contributed by atoms with E-state index in [1.807, 2.05) is 36.4 Å². The molecule has 2 aliphatic heterocycles. The Morgan fingerprint density at radius 2 is 1.00 bits per heavy atom. The summed E-state index contributed by atoms with van der Waals surface area (Å²) in [5.41, 5.74) is 2.30. The third-order valence-corrected chi connectivity index (χ3v) is 5.30. The Hall–Kier alpha value is -2.05. The van der Waals surface area contributed by atoms with Crippen molar-refractivity contribution in [1.82, 2.24) is 21.3 Å². The first-order chi connectivity index (χ1) is 12.8. The molecule has 0 spiro atoms. The largest absolute Gasteiger partial charge is 0.307 e. The smallest absolute Gasteiger partial charge is 0.170 e. The molecule has 5 nitrogen and oxygen atoms in total. The standard InChI is InChI=1S/C21H26N4O/c26-21(19-17(22-11-13-24-19)15-7-3-1-4-8-15)20-18(23-12-14-25-20)16-9-5-2-6-10-16/h1-10,17-20,22-25H,11-14H2. The molecule has 26 heavy (non-hydrogen) atoms. The quantitative estimate of drug-likeness (QED) is 0.667. The minimum atomic E-state index is -0.241. The van der Waals surface area contributed by atoms with Gasteiger partial charge < -0.3 is 21.3 Å². The van der Waals surface area contributed by atoms with Crippen molar-refractivity contribution in [2.45, 2.75) is 24.2 Å². The second-order valence-electron chi connectivity index (χ2n) is 6.95. The summed E-state index contributed by atoms with van der Waals surface area (Å²) in [4.78, 5) is 13.5. The van der Waals surface area contributed by atoms with Crippen LogP contribution >= 0.6 is 0 Å². The van der Waals surface area contributed by atoms with E-state index >= 15 is 0 Å². The van der Waals surface area contributed by atoms with E-state index < -0.39 is 0 Å². The van der Waals surface area contributed by atoms with Crippen LogP contribution in [0.5, 0.6) is 0 Å². The van der Waals surface area contributed by atoms with Crippen LogP contribution in [-0.4, -0.2) is 44.0 Å². The number of ketones is 1. The zero-order valence-electron chi connectivity index (χ0n) is 14.8. The molecular formula is C21H26N4O. The molecule has 2 aliphatic rings. The Labute approximate surface area is 154 Å². The van der Waals surface area contributed by atoms with Crippen LogP contribution in [0.4, 0.5) is 0 Å². The minimum Gasteiger partial charge on any atom is -0.307 e. The van der Waals surface area contributed by atoms with Gasteiger partial charge in [0, 0.05) is 26.2 Å². The van der Waals surface area contributed by atoms with Gasteiger partial charge in [-0.15, -0.1) is 0 Å². The monoisotopic (exact) mass is 350 g/mol. The minimum absolute atomic E-state index is 0.00222. The van der Waals surface area contributed by atoms with Gasteiger partial charge in [0.05, 0.1) is 24.2 Å². The van der Waals surface area contributed by atoms with Crippen molar-refractivity contribution in [2.24, 2.45) is 0 Å². The first-order valence-electron chi connectivity index (χ1n) is 9.42. The van der Waals surface area contributed by atoms with Gasteiger partial charge in [-0.05, 0) is 11.1 Å². The highest BCUT2D eigenvalue weighted by atomic mass is 16.1. The lowest BCUT2D eigenvalue weighted by molar-refractivity contribution is -0.125. The maximum atomic E-state index is 13.5. The molecule has 0 saturated carbocycles. The van der Waals surface area contributed by atoms with E-state index in [-0.39, 0.29) is 30.0 Å². The van der Waals surface area contributed by atoms with E-state index in [9.17, 15) is 4.79 Å². The fourth-order valence-electron chi connectivity index (χ4n) is 4.05. The van der Waals surface area contributed by atoms with Gasteiger partial charge in [0.15, 0.2) is 5.78 Å². The molecule has 0 amide bonds. The van der Waals surface area contributed by atoms with E-state index in [1.165, 1.54) is 0 Å². The highest BCUT2D eigenvalue weighted by Crippen LogP contribution is 2.25. The summed E-state index contributed by atoms with van der Waals surface area (Å²) < 4.78 is 0. The van der Waals surface area contributed by atoms with Crippen LogP contribution in [0.15, 0.2) is 60.7 Å². The molecule has 0 bridgehead atoms. The lowest BCUT2D eigenvalue weighted by Crippen LogP contribution is -2.63. The number of Topliss-reactive ketones (excluding diaryl/α,β-unsaturated/α-hetero) is 1. The van der Waals surface area contributed by atoms with Crippen LogP contribution in [0, 0.1) is 0 Å². The van der Waals surface area contributed by atoms with Gasteiger partial charge >= 0.3 is 0 Å². The first-order valence-corrected chi connectivity index (χ1v) is 9.42. The molecule has 0 aliphatic carbocycles. The van der Waals surface area contributed by atoms with Gasteiger partial charge in [-0.3, -0.25) is 4.79 Å². The summed E-state index contributed by atoms with van der Waals surface area (Å²) in [6.45, 7) is 3.33. The lowest BCUT2D eigenvalue weighted by atomic mass is 9.86. The number of benzene rings is 2. The van der Waals surface area contributed by atoms with Crippen LogP contribution in [0.3, 0.4) is 0 Å². The Kier molecular flexibility index (Phi) is 5.41. The van der Waals surface area contributed by atoms with Crippen LogP contribution < -0.4 is 21.3 Å². The van der Waals surface area contributed by atoms with Gasteiger partial charge in [-0.25, -0.2) is 0 Å². The van der Waals surface area contributed by atoms with Crippen molar-refractivity contribution in [2.75, 3.05) is 26.2 Å². The summed E-state index contributed by atoms with van der Waals surface area (Å²) in [5, 5.41) is 14.0. The maximum Gasteiger partial charge on any atom is 0.170 e. The summed E-state index contributed by atoms with van der Waals surface area (Å²) in [7, 11) is 0. The summed E-state index contributed by atoms with van der Waals surface area (Å²) in [6, 6.07) is 20.0. The van der Waals surface area contributed by atoms with Gasteiger partial charge in [-0.2, -0.15) is 0 Å². The van der Waals surface area contributed by atoms with Crippen molar-refractivity contribution in [1.29, 1.82) is 0 Å². The maximum absolute atomic E-state index is 13.5. The van der Waals surface area contributed by atoms with Crippen LogP contribution in [0.25, 0.3) is 0 Å². The molecule has 0 radical (unpaired) electrons. The normalized spacial score (nSPS) is 29.2. The molecule has 2 aromatic carbocycles. The van der Waals surface area contributed by atoms with Gasteiger partial charge in [0.25, 0.3) is 0 Å². The second kappa shape index (κ2) is 8.10. The number of piperazine rings is 2. The molecule has 0 aromatic heterocycles. The average Bonchev–Trinajstić information content (AvgIpc) is 2.74. The second-order valence-corrected chi connectivity index (χ2v) is 6.95. The molecule has 2 heterocycles. The molecular weight excluding hydrogens is 324 g/mol. The zero-order valence-corrected chi connectivity index (χ0v) is 14.8. The molecule has 4 unspecified atom stereocenters. The Morgan fingerprint density at radius 1 is 0.615 bits per heavy atom. The summed E-state index contributed by atoms with van der Waals surface area (Å²) in [5.74, 6) is 0.215. The van der Waals surface area contributed by atoms with Gasteiger partial charge in [-0.1, -0.05) is 60.7 Å². The molecule has 2 aromatic rings. The van der Waals surface area contributed by atoms with Gasteiger partial charge in [0.2, 0.25) is 0 Å². The number of hydrogen-bond acceptors (Lipinski definition) is 5. The first kappa shape index (κ1) is 17.4. The Bertz CT molecular complexity index is 660. The summed E-state index contributed by atoms with van der Waals surface area (Å²) >= 11 is 0. The van der Waals surface area contributed by atoms with Crippen LogP contribution in [0.2, 0.25) is 0 Å². The fourth-order valence-corrected chi connectivity index (χ4v) is 4.05. The molecule has 4 rings (SSSR count). The van der Waals surface area contributed by atoms with Crippen molar-refractivity contribution in [3.63, 3.8) is 0 Å². The Morgan fingerprint density at radius 3 is 1.42 bits per heavy atom. The number of hydrogen-bond donors (Lipinski definition) is 4. The number of carbonyl (C=O) groups is 1. The Balaban J connectivity index is 1.59. The summed E-state index contributed by atoms with van der Waals surface area (Å²) in [6.07, 6.45) is 0. The number of nitrogens with one attached hydrogen (secondary N) is 4. The average molecular weight is 350 g/mol. The highest BCUT2D eigenvalue weighted by Gasteiger charge is 2.40. The molecule has 2 saturated heterocycles. The topological polar surface area (TPSA) is 65.2 Å². The van der Waals surface area contributed by atoms with Crippen molar-refractivity contribution >= 4 is 5.78 Å². The van der Waals surface area contributed by atoms with E-state index in [0.717, 1.165) is 37.3 Å². The molecule has 136 valence electrons. The predicted molar refractivity (Wildman–Crippen MR) is 103 cm³/mol.